The SMILES string of the molecule is CN(Cc1ccccc1)C(=O)CNC(=O)c1cccs1. The highest BCUT2D eigenvalue weighted by Gasteiger charge is 2.12. The molecular weight excluding hydrogens is 272 g/mol. The number of likely N-dealkylation sites (N-methyl/N-ethyl adjacent to an activating group) is 1. The van der Waals surface area contributed by atoms with Crippen LogP contribution in [0.5, 0.6) is 0 Å². The first kappa shape index (κ1) is 14.3. The second-order valence-electron chi connectivity index (χ2n) is 4.40. The van der Waals surface area contributed by atoms with Gasteiger partial charge < -0.3 is 10.2 Å². The molecule has 0 unspecified atom stereocenters. The van der Waals surface area contributed by atoms with E-state index in [0.29, 0.717) is 11.4 Å². The molecule has 2 rings (SSSR count). The first-order valence-corrected chi connectivity index (χ1v) is 7.14. The van der Waals surface area contributed by atoms with Gasteiger partial charge in [0.2, 0.25) is 5.91 Å². The van der Waals surface area contributed by atoms with Crippen molar-refractivity contribution in [1.29, 1.82) is 0 Å². The molecule has 0 fully saturated rings. The number of carbonyl (C=O) groups is 2. The number of hydrogen-bond acceptors (Lipinski definition) is 3. The van der Waals surface area contributed by atoms with E-state index < -0.39 is 0 Å². The summed E-state index contributed by atoms with van der Waals surface area (Å²) in [6, 6.07) is 13.3. The standard InChI is InChI=1S/C15H16N2O2S/c1-17(11-12-6-3-2-4-7-12)14(18)10-16-15(19)13-8-5-9-20-13/h2-9H,10-11H2,1H3,(H,16,19). The Morgan fingerprint density at radius 2 is 1.90 bits per heavy atom. The maximum absolute atomic E-state index is 11.9. The van der Waals surface area contributed by atoms with Gasteiger partial charge in [-0.1, -0.05) is 36.4 Å². The summed E-state index contributed by atoms with van der Waals surface area (Å²) in [5.41, 5.74) is 1.06. The molecule has 4 nitrogen and oxygen atoms in total. The summed E-state index contributed by atoms with van der Waals surface area (Å²) >= 11 is 1.36. The quantitative estimate of drug-likeness (QED) is 0.916. The fourth-order valence-electron chi connectivity index (χ4n) is 1.73. The Labute approximate surface area is 122 Å². The minimum Gasteiger partial charge on any atom is -0.342 e. The Morgan fingerprint density at radius 3 is 2.55 bits per heavy atom. The van der Waals surface area contributed by atoms with E-state index in [4.69, 9.17) is 0 Å². The first-order valence-electron chi connectivity index (χ1n) is 6.26. The lowest BCUT2D eigenvalue weighted by Crippen LogP contribution is -2.37. The summed E-state index contributed by atoms with van der Waals surface area (Å²) in [4.78, 5) is 25.9. The van der Waals surface area contributed by atoms with Gasteiger partial charge >= 0.3 is 0 Å². The maximum atomic E-state index is 11.9. The van der Waals surface area contributed by atoms with Gasteiger partial charge in [-0.25, -0.2) is 0 Å². The van der Waals surface area contributed by atoms with Crippen LogP contribution in [0.15, 0.2) is 47.8 Å². The molecule has 20 heavy (non-hydrogen) atoms. The van der Waals surface area contributed by atoms with Crippen molar-refractivity contribution >= 4 is 23.2 Å². The fourth-order valence-corrected chi connectivity index (χ4v) is 2.37. The predicted octanol–water partition coefficient (Wildman–Crippen LogP) is 2.14. The lowest BCUT2D eigenvalue weighted by molar-refractivity contribution is -0.129. The number of amides is 2. The number of thiophene rings is 1. The van der Waals surface area contributed by atoms with Crippen LogP contribution in [0.4, 0.5) is 0 Å². The Bertz CT molecular complexity index is 567. The van der Waals surface area contributed by atoms with Gasteiger partial charge in [-0.2, -0.15) is 0 Å². The fraction of sp³-hybridized carbons (Fsp3) is 0.200. The number of hydrogen-bond donors (Lipinski definition) is 1. The van der Waals surface area contributed by atoms with Crippen LogP contribution in [0.1, 0.15) is 15.2 Å². The summed E-state index contributed by atoms with van der Waals surface area (Å²) < 4.78 is 0. The number of rotatable bonds is 5. The van der Waals surface area contributed by atoms with E-state index in [2.05, 4.69) is 5.32 Å². The lowest BCUT2D eigenvalue weighted by Gasteiger charge is -2.17. The smallest absolute Gasteiger partial charge is 0.261 e. The molecular formula is C15H16N2O2S. The van der Waals surface area contributed by atoms with Crippen molar-refractivity contribution in [2.45, 2.75) is 6.54 Å². The average Bonchev–Trinajstić information content (AvgIpc) is 2.99. The van der Waals surface area contributed by atoms with Crippen molar-refractivity contribution in [1.82, 2.24) is 10.2 Å². The number of nitrogens with one attached hydrogen (secondary N) is 1. The van der Waals surface area contributed by atoms with Crippen LogP contribution in [0.3, 0.4) is 0 Å². The highest BCUT2D eigenvalue weighted by atomic mass is 32.1. The lowest BCUT2D eigenvalue weighted by atomic mass is 10.2. The van der Waals surface area contributed by atoms with E-state index in [0.717, 1.165) is 5.56 Å². The van der Waals surface area contributed by atoms with Crippen molar-refractivity contribution in [2.75, 3.05) is 13.6 Å². The Kier molecular flexibility index (Phi) is 4.90. The highest BCUT2D eigenvalue weighted by molar-refractivity contribution is 7.12. The second-order valence-corrected chi connectivity index (χ2v) is 5.34. The monoisotopic (exact) mass is 288 g/mol. The van der Waals surface area contributed by atoms with Gasteiger partial charge in [0, 0.05) is 13.6 Å². The van der Waals surface area contributed by atoms with Gasteiger partial charge in [-0.3, -0.25) is 9.59 Å². The van der Waals surface area contributed by atoms with Crippen LogP contribution in [0.2, 0.25) is 0 Å². The third-order valence-corrected chi connectivity index (χ3v) is 3.70. The minimum absolute atomic E-state index is 0.0140. The van der Waals surface area contributed by atoms with Crippen LogP contribution in [-0.4, -0.2) is 30.3 Å². The molecule has 1 heterocycles. The minimum atomic E-state index is -0.207. The molecule has 0 aliphatic heterocycles. The maximum Gasteiger partial charge on any atom is 0.261 e. The zero-order valence-electron chi connectivity index (χ0n) is 11.2. The molecule has 2 amide bonds. The Morgan fingerprint density at radius 1 is 1.15 bits per heavy atom. The molecule has 2 aromatic rings. The van der Waals surface area contributed by atoms with Crippen molar-refractivity contribution < 1.29 is 9.59 Å². The summed E-state index contributed by atoms with van der Waals surface area (Å²) in [7, 11) is 1.73. The zero-order chi connectivity index (χ0) is 14.4. The van der Waals surface area contributed by atoms with Crippen molar-refractivity contribution in [3.05, 3.63) is 58.3 Å². The van der Waals surface area contributed by atoms with E-state index in [1.54, 1.807) is 18.0 Å². The second kappa shape index (κ2) is 6.86. The van der Waals surface area contributed by atoms with E-state index in [1.165, 1.54) is 11.3 Å². The van der Waals surface area contributed by atoms with E-state index in [9.17, 15) is 9.59 Å². The van der Waals surface area contributed by atoms with Crippen molar-refractivity contribution in [3.8, 4) is 0 Å². The molecule has 0 aliphatic rings. The van der Waals surface area contributed by atoms with Gasteiger partial charge in [0.05, 0.1) is 11.4 Å². The van der Waals surface area contributed by atoms with Crippen molar-refractivity contribution in [2.24, 2.45) is 0 Å². The number of benzene rings is 1. The van der Waals surface area contributed by atoms with Crippen LogP contribution >= 0.6 is 11.3 Å². The number of nitrogens with zero attached hydrogens (tertiary/aromatic N) is 1. The normalized spacial score (nSPS) is 10.1. The van der Waals surface area contributed by atoms with Gasteiger partial charge in [0.1, 0.15) is 0 Å². The van der Waals surface area contributed by atoms with Gasteiger partial charge in [0.15, 0.2) is 0 Å². The van der Waals surface area contributed by atoms with Crippen LogP contribution in [0.25, 0.3) is 0 Å². The molecule has 0 aliphatic carbocycles. The summed E-state index contributed by atoms with van der Waals surface area (Å²) in [5.74, 6) is -0.319. The summed E-state index contributed by atoms with van der Waals surface area (Å²) in [6.07, 6.45) is 0. The van der Waals surface area contributed by atoms with E-state index in [1.807, 2.05) is 41.8 Å². The highest BCUT2D eigenvalue weighted by Crippen LogP contribution is 2.07. The van der Waals surface area contributed by atoms with Crippen LogP contribution in [-0.2, 0) is 11.3 Å². The molecule has 0 saturated heterocycles. The summed E-state index contributed by atoms with van der Waals surface area (Å²) in [5, 5.41) is 4.46. The van der Waals surface area contributed by atoms with Gasteiger partial charge in [0.25, 0.3) is 5.91 Å². The molecule has 1 N–H and O–H groups in total. The Hall–Kier alpha value is -2.14. The predicted molar refractivity (Wildman–Crippen MR) is 79.6 cm³/mol. The zero-order valence-corrected chi connectivity index (χ0v) is 12.0. The molecule has 0 bridgehead atoms. The van der Waals surface area contributed by atoms with Crippen molar-refractivity contribution in [3.63, 3.8) is 0 Å². The summed E-state index contributed by atoms with van der Waals surface area (Å²) in [6.45, 7) is 0.550. The first-order chi connectivity index (χ1) is 9.66. The molecule has 1 aromatic carbocycles. The average molecular weight is 288 g/mol. The molecule has 5 heteroatoms. The van der Waals surface area contributed by atoms with Gasteiger partial charge in [-0.05, 0) is 17.0 Å². The third kappa shape index (κ3) is 3.93. The topological polar surface area (TPSA) is 49.4 Å². The molecule has 0 atom stereocenters. The third-order valence-electron chi connectivity index (χ3n) is 2.83. The molecule has 0 saturated carbocycles. The van der Waals surface area contributed by atoms with E-state index >= 15 is 0 Å². The van der Waals surface area contributed by atoms with E-state index in [-0.39, 0.29) is 18.4 Å². The molecule has 104 valence electrons. The largest absolute Gasteiger partial charge is 0.342 e. The Balaban J connectivity index is 1.81. The van der Waals surface area contributed by atoms with Crippen LogP contribution < -0.4 is 5.32 Å². The molecule has 1 aromatic heterocycles. The number of carbonyl (C=O) groups excluding carboxylic acids is 2. The van der Waals surface area contributed by atoms with Gasteiger partial charge in [-0.15, -0.1) is 11.3 Å². The van der Waals surface area contributed by atoms with Crippen LogP contribution in [0, 0.1) is 0 Å². The molecule has 0 spiro atoms. The molecule has 0 radical (unpaired) electrons.